The van der Waals surface area contributed by atoms with Crippen LogP contribution in [0.2, 0.25) is 0 Å². The normalized spacial score (nSPS) is 11.1. The first kappa shape index (κ1) is 10.8. The van der Waals surface area contributed by atoms with Crippen LogP contribution in [0.1, 0.15) is 0 Å². The van der Waals surface area contributed by atoms with Crippen molar-refractivity contribution in [2.75, 3.05) is 0 Å². The molecule has 0 N–H and O–H groups in total. The molecule has 0 atom stereocenters. The van der Waals surface area contributed by atoms with Crippen LogP contribution in [0.15, 0.2) is 42.7 Å². The smallest absolute Gasteiger partial charge is 0.173 e. The molecule has 0 saturated heterocycles. The fourth-order valence-corrected chi connectivity index (χ4v) is 1.84. The number of benzene rings is 1. The van der Waals surface area contributed by atoms with Crippen LogP contribution < -0.4 is 0 Å². The van der Waals surface area contributed by atoms with Crippen molar-refractivity contribution in [3.05, 3.63) is 60.2 Å². The van der Waals surface area contributed by atoms with E-state index in [9.17, 15) is 13.2 Å². The summed E-state index contributed by atoms with van der Waals surface area (Å²) in [5, 5.41) is 0. The number of fused-ring (bicyclic) bond motifs is 1. The molecule has 0 radical (unpaired) electrons. The van der Waals surface area contributed by atoms with E-state index in [0.29, 0.717) is 0 Å². The Morgan fingerprint density at radius 3 is 2.22 bits per heavy atom. The summed E-state index contributed by atoms with van der Waals surface area (Å²) in [4.78, 5) is 3.91. The Balaban J connectivity index is 2.30. The third kappa shape index (κ3) is 1.55. The Morgan fingerprint density at radius 2 is 1.56 bits per heavy atom. The molecular weight excluding hydrogens is 241 g/mol. The number of aromatic nitrogens is 2. The molecule has 5 heteroatoms. The van der Waals surface area contributed by atoms with E-state index in [1.54, 1.807) is 6.20 Å². The molecule has 2 heterocycles. The monoisotopic (exact) mass is 248 g/mol. The molecule has 0 spiro atoms. The second kappa shape index (κ2) is 3.87. The summed E-state index contributed by atoms with van der Waals surface area (Å²) in [5.74, 6) is -1.99. The molecule has 0 saturated carbocycles. The van der Waals surface area contributed by atoms with Gasteiger partial charge in [0.25, 0.3) is 0 Å². The second-order valence-electron chi connectivity index (χ2n) is 3.81. The Hall–Kier alpha value is -2.30. The molecule has 0 aliphatic carbocycles. The van der Waals surface area contributed by atoms with Crippen LogP contribution in [0.25, 0.3) is 16.9 Å². The van der Waals surface area contributed by atoms with Crippen LogP contribution in [0, 0.1) is 17.5 Å². The number of nitrogens with zero attached hydrogens (tertiary/aromatic N) is 2. The Bertz CT molecular complexity index is 714. The number of halogens is 3. The van der Waals surface area contributed by atoms with Gasteiger partial charge in [0, 0.05) is 12.4 Å². The average molecular weight is 248 g/mol. The van der Waals surface area contributed by atoms with Gasteiger partial charge in [0.2, 0.25) is 0 Å². The molecule has 0 bridgehead atoms. The molecule has 3 rings (SSSR count). The number of rotatable bonds is 1. The van der Waals surface area contributed by atoms with Gasteiger partial charge in [0.15, 0.2) is 11.5 Å². The Kier molecular flexibility index (Phi) is 2.33. The highest BCUT2D eigenvalue weighted by Crippen LogP contribution is 2.25. The summed E-state index contributed by atoms with van der Waals surface area (Å²) in [6.45, 7) is 0. The van der Waals surface area contributed by atoms with Crippen molar-refractivity contribution in [2.45, 2.75) is 0 Å². The van der Waals surface area contributed by atoms with Gasteiger partial charge in [0.05, 0.1) is 11.3 Å². The van der Waals surface area contributed by atoms with Crippen molar-refractivity contribution >= 4 is 5.65 Å². The van der Waals surface area contributed by atoms with Gasteiger partial charge < -0.3 is 4.40 Å². The second-order valence-corrected chi connectivity index (χ2v) is 3.81. The van der Waals surface area contributed by atoms with Crippen LogP contribution in [0.3, 0.4) is 0 Å². The molecule has 0 fully saturated rings. The third-order valence-electron chi connectivity index (χ3n) is 2.65. The first-order valence-electron chi connectivity index (χ1n) is 5.24. The molecule has 2 aromatic heterocycles. The molecule has 18 heavy (non-hydrogen) atoms. The molecule has 90 valence electrons. The van der Waals surface area contributed by atoms with Gasteiger partial charge in [-0.1, -0.05) is 6.07 Å². The zero-order valence-electron chi connectivity index (χ0n) is 9.07. The van der Waals surface area contributed by atoms with Crippen LogP contribution >= 0.6 is 0 Å². The summed E-state index contributed by atoms with van der Waals surface area (Å²) >= 11 is 0. The van der Waals surface area contributed by atoms with Crippen LogP contribution in [-0.2, 0) is 0 Å². The van der Waals surface area contributed by atoms with Gasteiger partial charge in [-0.2, -0.15) is 0 Å². The Labute approximate surface area is 100 Å². The van der Waals surface area contributed by atoms with Gasteiger partial charge in [-0.3, -0.25) is 0 Å². The minimum Gasteiger partial charge on any atom is -0.304 e. The maximum absolute atomic E-state index is 13.6. The zero-order valence-corrected chi connectivity index (χ0v) is 9.07. The summed E-state index contributed by atoms with van der Waals surface area (Å²) in [6, 6.07) is 6.28. The van der Waals surface area contributed by atoms with Crippen LogP contribution in [-0.4, -0.2) is 9.38 Å². The van der Waals surface area contributed by atoms with E-state index in [1.165, 1.54) is 28.8 Å². The van der Waals surface area contributed by atoms with Crippen molar-refractivity contribution in [1.29, 1.82) is 0 Å². The van der Waals surface area contributed by atoms with Crippen molar-refractivity contribution < 1.29 is 13.2 Å². The lowest BCUT2D eigenvalue weighted by molar-refractivity contribution is 0.589. The molecular formula is C13H7F3N2. The predicted molar refractivity (Wildman–Crippen MR) is 60.5 cm³/mol. The minimum absolute atomic E-state index is 0.0372. The summed E-state index contributed by atoms with van der Waals surface area (Å²) in [7, 11) is 0. The van der Waals surface area contributed by atoms with Crippen molar-refractivity contribution in [2.24, 2.45) is 0 Å². The standard InChI is InChI=1S/C13H7F3N2/c14-8-3-1-4-9(15)12(8)11-7-18-6-2-5-10(16)13(18)17-11/h1-7H. The molecule has 3 aromatic rings. The highest BCUT2D eigenvalue weighted by Gasteiger charge is 2.15. The SMILES string of the molecule is Fc1cccc(F)c1-c1cn2cccc(F)c2n1. The fourth-order valence-electron chi connectivity index (χ4n) is 1.84. The first-order valence-corrected chi connectivity index (χ1v) is 5.24. The fraction of sp³-hybridized carbons (Fsp3) is 0. The molecule has 0 aliphatic rings. The van der Waals surface area contributed by atoms with Gasteiger partial charge in [-0.15, -0.1) is 0 Å². The molecule has 0 aliphatic heterocycles. The molecule has 1 aromatic carbocycles. The van der Waals surface area contributed by atoms with Gasteiger partial charge in [-0.05, 0) is 24.3 Å². The van der Waals surface area contributed by atoms with Crippen molar-refractivity contribution in [3.8, 4) is 11.3 Å². The maximum atomic E-state index is 13.6. The number of imidazole rings is 1. The third-order valence-corrected chi connectivity index (χ3v) is 2.65. The zero-order chi connectivity index (χ0) is 12.7. The van der Waals surface area contributed by atoms with Gasteiger partial charge in [-0.25, -0.2) is 18.2 Å². The lowest BCUT2D eigenvalue weighted by atomic mass is 10.1. The maximum Gasteiger partial charge on any atom is 0.173 e. The van der Waals surface area contributed by atoms with E-state index in [2.05, 4.69) is 4.98 Å². The lowest BCUT2D eigenvalue weighted by Crippen LogP contribution is -1.89. The highest BCUT2D eigenvalue weighted by atomic mass is 19.1. The van der Waals surface area contributed by atoms with E-state index < -0.39 is 17.5 Å². The van der Waals surface area contributed by atoms with Gasteiger partial charge >= 0.3 is 0 Å². The van der Waals surface area contributed by atoms with Crippen molar-refractivity contribution in [1.82, 2.24) is 9.38 Å². The summed E-state index contributed by atoms with van der Waals surface area (Å²) < 4.78 is 42.0. The van der Waals surface area contributed by atoms with E-state index in [0.717, 1.165) is 12.1 Å². The largest absolute Gasteiger partial charge is 0.304 e. The molecule has 2 nitrogen and oxygen atoms in total. The van der Waals surface area contributed by atoms with Crippen LogP contribution in [0.4, 0.5) is 13.2 Å². The van der Waals surface area contributed by atoms with Gasteiger partial charge in [0.1, 0.15) is 11.6 Å². The highest BCUT2D eigenvalue weighted by molar-refractivity contribution is 5.64. The van der Waals surface area contributed by atoms with E-state index >= 15 is 0 Å². The average Bonchev–Trinajstić information content (AvgIpc) is 2.74. The minimum atomic E-state index is -0.723. The molecule has 0 amide bonds. The number of hydrogen-bond acceptors (Lipinski definition) is 1. The van der Waals surface area contributed by atoms with Crippen molar-refractivity contribution in [3.63, 3.8) is 0 Å². The van der Waals surface area contributed by atoms with Crippen LogP contribution in [0.5, 0.6) is 0 Å². The number of hydrogen-bond donors (Lipinski definition) is 0. The number of pyridine rings is 1. The summed E-state index contributed by atoms with van der Waals surface area (Å²) in [5.41, 5.74) is -0.147. The molecule has 0 unspecified atom stereocenters. The first-order chi connectivity index (χ1) is 8.66. The quantitative estimate of drug-likeness (QED) is 0.645. The van der Waals surface area contributed by atoms with E-state index in [-0.39, 0.29) is 16.9 Å². The Morgan fingerprint density at radius 1 is 0.889 bits per heavy atom. The van der Waals surface area contributed by atoms with E-state index in [1.807, 2.05) is 0 Å². The summed E-state index contributed by atoms with van der Waals surface area (Å²) in [6.07, 6.45) is 2.95. The lowest BCUT2D eigenvalue weighted by Gasteiger charge is -1.99. The van der Waals surface area contributed by atoms with E-state index in [4.69, 9.17) is 0 Å². The topological polar surface area (TPSA) is 17.3 Å². The predicted octanol–water partition coefficient (Wildman–Crippen LogP) is 3.42.